The number of anilines is 1. The fraction of sp³-hybridized carbons (Fsp3) is 0.364. The molecule has 0 saturated carbocycles. The van der Waals surface area contributed by atoms with Crippen molar-refractivity contribution in [3.05, 3.63) is 57.2 Å². The van der Waals surface area contributed by atoms with Gasteiger partial charge in [-0.15, -0.1) is 0 Å². The van der Waals surface area contributed by atoms with Gasteiger partial charge >= 0.3 is 4.87 Å². The molecular formula is C22H24ClN3O4S2. The molecule has 0 aliphatic carbocycles. The summed E-state index contributed by atoms with van der Waals surface area (Å²) in [5.74, 6) is -0.223. The third-order valence-corrected chi connectivity index (χ3v) is 8.62. The van der Waals surface area contributed by atoms with Gasteiger partial charge in [0.1, 0.15) is 0 Å². The number of nitrogens with zero attached hydrogens (tertiary/aromatic N) is 2. The lowest BCUT2D eigenvalue weighted by Crippen LogP contribution is -2.31. The van der Waals surface area contributed by atoms with E-state index in [-0.39, 0.29) is 28.6 Å². The van der Waals surface area contributed by atoms with E-state index in [1.807, 2.05) is 0 Å². The standard InChI is InChI=1S/C22H24ClN3O4S2/c23-16-5-7-17(8-6-16)24-21(27)11-14-26-19-10-9-18(15-20(19)31-22(26)28)32(29,30)25-12-3-1-2-4-13-25/h5-10,15H,1-4,11-14H2,(H,24,27). The molecule has 1 amide bonds. The number of hydrogen-bond acceptors (Lipinski definition) is 5. The summed E-state index contributed by atoms with van der Waals surface area (Å²) < 4.78 is 29.8. The van der Waals surface area contributed by atoms with Crippen molar-refractivity contribution in [3.63, 3.8) is 0 Å². The maximum Gasteiger partial charge on any atom is 0.308 e. The van der Waals surface area contributed by atoms with Crippen LogP contribution in [0, 0.1) is 0 Å². The van der Waals surface area contributed by atoms with E-state index in [1.165, 1.54) is 4.57 Å². The molecule has 1 N–H and O–H groups in total. The molecule has 3 aromatic rings. The number of rotatable bonds is 6. The van der Waals surface area contributed by atoms with Crippen LogP contribution in [0.3, 0.4) is 0 Å². The topological polar surface area (TPSA) is 88.5 Å². The Bertz CT molecular complexity index is 1270. The van der Waals surface area contributed by atoms with Crippen molar-refractivity contribution in [1.82, 2.24) is 8.87 Å². The van der Waals surface area contributed by atoms with Gasteiger partial charge in [-0.3, -0.25) is 14.2 Å². The molecular weight excluding hydrogens is 470 g/mol. The smallest absolute Gasteiger partial charge is 0.308 e. The van der Waals surface area contributed by atoms with Crippen LogP contribution in [0.25, 0.3) is 10.2 Å². The number of carbonyl (C=O) groups excluding carboxylic acids is 1. The first kappa shape index (κ1) is 23.0. The van der Waals surface area contributed by atoms with E-state index in [2.05, 4.69) is 5.32 Å². The molecule has 2 aromatic carbocycles. The number of nitrogens with one attached hydrogen (secondary N) is 1. The molecule has 0 unspecified atom stereocenters. The molecule has 170 valence electrons. The maximum absolute atomic E-state index is 13.1. The van der Waals surface area contributed by atoms with Gasteiger partial charge in [-0.2, -0.15) is 4.31 Å². The highest BCUT2D eigenvalue weighted by atomic mass is 35.5. The van der Waals surface area contributed by atoms with Gasteiger partial charge in [-0.25, -0.2) is 8.42 Å². The Kier molecular flexibility index (Phi) is 6.99. The summed E-state index contributed by atoms with van der Waals surface area (Å²) in [4.78, 5) is 24.8. The third kappa shape index (κ3) is 5.06. The number of carbonyl (C=O) groups is 1. The largest absolute Gasteiger partial charge is 0.326 e. The average Bonchev–Trinajstić information content (AvgIpc) is 2.93. The maximum atomic E-state index is 13.1. The minimum absolute atomic E-state index is 0.113. The molecule has 32 heavy (non-hydrogen) atoms. The zero-order chi connectivity index (χ0) is 22.7. The predicted octanol–water partition coefficient (Wildman–Crippen LogP) is 4.31. The third-order valence-electron chi connectivity index (χ3n) is 5.53. The summed E-state index contributed by atoms with van der Waals surface area (Å²) in [6.07, 6.45) is 3.93. The zero-order valence-electron chi connectivity index (χ0n) is 17.4. The van der Waals surface area contributed by atoms with Crippen LogP contribution >= 0.6 is 22.9 Å². The van der Waals surface area contributed by atoms with Crippen molar-refractivity contribution in [2.75, 3.05) is 18.4 Å². The van der Waals surface area contributed by atoms with E-state index in [9.17, 15) is 18.0 Å². The highest BCUT2D eigenvalue weighted by molar-refractivity contribution is 7.89. The average molecular weight is 494 g/mol. The van der Waals surface area contributed by atoms with Crippen molar-refractivity contribution in [1.29, 1.82) is 0 Å². The molecule has 1 fully saturated rings. The van der Waals surface area contributed by atoms with Crippen LogP contribution in [-0.2, 0) is 21.4 Å². The van der Waals surface area contributed by atoms with Gasteiger partial charge in [0.05, 0.1) is 15.1 Å². The lowest BCUT2D eigenvalue weighted by atomic mass is 10.2. The predicted molar refractivity (Wildman–Crippen MR) is 128 cm³/mol. The molecule has 1 aliphatic rings. The van der Waals surface area contributed by atoms with Gasteiger partial charge < -0.3 is 5.32 Å². The van der Waals surface area contributed by atoms with E-state index >= 15 is 0 Å². The van der Waals surface area contributed by atoms with Crippen molar-refractivity contribution in [3.8, 4) is 0 Å². The number of aromatic nitrogens is 1. The number of hydrogen-bond donors (Lipinski definition) is 1. The van der Waals surface area contributed by atoms with Crippen LogP contribution in [0.2, 0.25) is 5.02 Å². The molecule has 0 spiro atoms. The van der Waals surface area contributed by atoms with Crippen LogP contribution in [0.4, 0.5) is 5.69 Å². The number of amides is 1. The Labute approximate surface area is 195 Å². The summed E-state index contributed by atoms with van der Waals surface area (Å²) in [5.41, 5.74) is 1.26. The number of benzene rings is 2. The molecule has 0 bridgehead atoms. The number of thiazole rings is 1. The van der Waals surface area contributed by atoms with Crippen molar-refractivity contribution in [2.24, 2.45) is 0 Å². The molecule has 2 heterocycles. The molecule has 4 rings (SSSR count). The molecule has 0 atom stereocenters. The fourth-order valence-electron chi connectivity index (χ4n) is 3.82. The van der Waals surface area contributed by atoms with Gasteiger partial charge in [0.15, 0.2) is 0 Å². The van der Waals surface area contributed by atoms with Crippen LogP contribution in [0.5, 0.6) is 0 Å². The summed E-state index contributed by atoms with van der Waals surface area (Å²) in [5, 5.41) is 3.36. The fourth-order valence-corrected chi connectivity index (χ4v) is 6.52. The molecule has 7 nitrogen and oxygen atoms in total. The van der Waals surface area contributed by atoms with Crippen LogP contribution in [0.15, 0.2) is 52.2 Å². The van der Waals surface area contributed by atoms with E-state index in [1.54, 1.807) is 46.8 Å². The summed E-state index contributed by atoms with van der Waals surface area (Å²) in [7, 11) is -3.59. The Morgan fingerprint density at radius 1 is 1.03 bits per heavy atom. The van der Waals surface area contributed by atoms with Crippen molar-refractivity contribution in [2.45, 2.75) is 43.5 Å². The Morgan fingerprint density at radius 3 is 2.41 bits per heavy atom. The Balaban J connectivity index is 1.50. The van der Waals surface area contributed by atoms with Gasteiger partial charge in [0, 0.05) is 36.8 Å². The number of fused-ring (bicyclic) bond motifs is 1. The van der Waals surface area contributed by atoms with Crippen molar-refractivity contribution < 1.29 is 13.2 Å². The molecule has 0 radical (unpaired) electrons. The minimum atomic E-state index is -3.59. The molecule has 1 aromatic heterocycles. The summed E-state index contributed by atoms with van der Waals surface area (Å²) in [6.45, 7) is 1.26. The summed E-state index contributed by atoms with van der Waals surface area (Å²) in [6, 6.07) is 11.6. The Morgan fingerprint density at radius 2 is 1.72 bits per heavy atom. The number of aryl methyl sites for hydroxylation is 1. The van der Waals surface area contributed by atoms with E-state index < -0.39 is 10.0 Å². The van der Waals surface area contributed by atoms with Gasteiger partial charge in [0.25, 0.3) is 0 Å². The van der Waals surface area contributed by atoms with Gasteiger partial charge in [-0.1, -0.05) is 35.8 Å². The van der Waals surface area contributed by atoms with Crippen LogP contribution in [-0.4, -0.2) is 36.3 Å². The highest BCUT2D eigenvalue weighted by Crippen LogP contribution is 2.26. The lowest BCUT2D eigenvalue weighted by molar-refractivity contribution is -0.116. The minimum Gasteiger partial charge on any atom is -0.326 e. The number of sulfonamides is 1. The molecule has 10 heteroatoms. The van der Waals surface area contributed by atoms with Crippen molar-refractivity contribution >= 4 is 54.8 Å². The lowest BCUT2D eigenvalue weighted by Gasteiger charge is -2.19. The first-order chi connectivity index (χ1) is 15.3. The normalized spacial score (nSPS) is 15.5. The number of halogens is 1. The molecule has 1 saturated heterocycles. The van der Waals surface area contributed by atoms with E-state index in [0.717, 1.165) is 37.0 Å². The Hall–Kier alpha value is -2.20. The first-order valence-corrected chi connectivity index (χ1v) is 13.2. The highest BCUT2D eigenvalue weighted by Gasteiger charge is 2.26. The van der Waals surface area contributed by atoms with Crippen LogP contribution < -0.4 is 10.2 Å². The zero-order valence-corrected chi connectivity index (χ0v) is 19.8. The second-order valence-electron chi connectivity index (χ2n) is 7.77. The van der Waals surface area contributed by atoms with Gasteiger partial charge in [0.2, 0.25) is 15.9 Å². The SMILES string of the molecule is O=C(CCn1c(=O)sc2cc(S(=O)(=O)N3CCCCCC3)ccc21)Nc1ccc(Cl)cc1. The van der Waals surface area contributed by atoms with Gasteiger partial charge in [-0.05, 0) is 55.3 Å². The van der Waals surface area contributed by atoms with E-state index in [4.69, 9.17) is 11.6 Å². The monoisotopic (exact) mass is 493 g/mol. The second-order valence-corrected chi connectivity index (χ2v) is 11.1. The molecule has 1 aliphatic heterocycles. The summed E-state index contributed by atoms with van der Waals surface area (Å²) >= 11 is 6.85. The van der Waals surface area contributed by atoms with E-state index in [0.29, 0.717) is 34.0 Å². The first-order valence-electron chi connectivity index (χ1n) is 10.5. The quantitative estimate of drug-likeness (QED) is 0.554. The van der Waals surface area contributed by atoms with Crippen LogP contribution in [0.1, 0.15) is 32.1 Å². The second kappa shape index (κ2) is 9.74.